The fraction of sp³-hybridized carbons (Fsp3) is 0.222. The van der Waals surface area contributed by atoms with E-state index in [-0.39, 0.29) is 17.8 Å². The number of anilines is 2. The Balaban J connectivity index is 1.89. The summed E-state index contributed by atoms with van der Waals surface area (Å²) >= 11 is 0. The standard InChI is InChI=1S/C18H15F6N3O2/c19-17(20,21)10-25-15(28)8-11-4-6-13(7-5-11)26-16(29)27-14-3-1-2-12(9-14)18(22,23)24/h1-7,9H,8,10H2,(H,25,28)(H2,26,27,29). The highest BCUT2D eigenvalue weighted by Crippen LogP contribution is 2.30. The van der Waals surface area contributed by atoms with Crippen molar-refractivity contribution in [2.24, 2.45) is 0 Å². The molecule has 0 saturated carbocycles. The highest BCUT2D eigenvalue weighted by atomic mass is 19.4. The molecule has 0 aromatic heterocycles. The summed E-state index contributed by atoms with van der Waals surface area (Å²) in [4.78, 5) is 23.4. The molecule has 11 heteroatoms. The molecule has 2 rings (SSSR count). The van der Waals surface area contributed by atoms with Crippen LogP contribution in [0.15, 0.2) is 48.5 Å². The monoisotopic (exact) mass is 419 g/mol. The Hall–Kier alpha value is -3.24. The number of benzene rings is 2. The van der Waals surface area contributed by atoms with Gasteiger partial charge in [-0.05, 0) is 35.9 Å². The summed E-state index contributed by atoms with van der Waals surface area (Å²) in [5, 5.41) is 6.39. The van der Waals surface area contributed by atoms with E-state index in [2.05, 4.69) is 10.6 Å². The van der Waals surface area contributed by atoms with Crippen molar-refractivity contribution in [1.82, 2.24) is 5.32 Å². The van der Waals surface area contributed by atoms with E-state index < -0.39 is 36.4 Å². The number of carbonyl (C=O) groups excluding carboxylic acids is 2. The summed E-state index contributed by atoms with van der Waals surface area (Å²) < 4.78 is 74.2. The van der Waals surface area contributed by atoms with Crippen LogP contribution in [0.2, 0.25) is 0 Å². The topological polar surface area (TPSA) is 70.2 Å². The van der Waals surface area contributed by atoms with Gasteiger partial charge in [0.2, 0.25) is 5.91 Å². The zero-order valence-electron chi connectivity index (χ0n) is 14.6. The largest absolute Gasteiger partial charge is 0.416 e. The van der Waals surface area contributed by atoms with Gasteiger partial charge in [0.1, 0.15) is 6.54 Å². The van der Waals surface area contributed by atoms with E-state index >= 15 is 0 Å². The van der Waals surface area contributed by atoms with E-state index in [9.17, 15) is 35.9 Å². The predicted octanol–water partition coefficient (Wildman–Crippen LogP) is 4.57. The Morgan fingerprint density at radius 1 is 0.828 bits per heavy atom. The third kappa shape index (κ3) is 7.72. The van der Waals surface area contributed by atoms with Gasteiger partial charge in [-0.3, -0.25) is 4.79 Å². The summed E-state index contributed by atoms with van der Waals surface area (Å²) in [5.41, 5.74) is -0.291. The lowest BCUT2D eigenvalue weighted by atomic mass is 10.1. The van der Waals surface area contributed by atoms with Gasteiger partial charge in [-0.15, -0.1) is 0 Å². The van der Waals surface area contributed by atoms with Crippen molar-refractivity contribution in [3.05, 3.63) is 59.7 Å². The van der Waals surface area contributed by atoms with Crippen molar-refractivity contribution in [2.45, 2.75) is 18.8 Å². The van der Waals surface area contributed by atoms with Crippen molar-refractivity contribution >= 4 is 23.3 Å². The summed E-state index contributed by atoms with van der Waals surface area (Å²) in [7, 11) is 0. The Labute approximate surface area is 161 Å². The van der Waals surface area contributed by atoms with Crippen molar-refractivity contribution < 1.29 is 35.9 Å². The average Bonchev–Trinajstić information content (AvgIpc) is 2.60. The van der Waals surface area contributed by atoms with Gasteiger partial charge in [0.05, 0.1) is 12.0 Å². The number of amides is 3. The van der Waals surface area contributed by atoms with Crippen molar-refractivity contribution in [3.63, 3.8) is 0 Å². The number of urea groups is 1. The van der Waals surface area contributed by atoms with Crippen LogP contribution in [-0.2, 0) is 17.4 Å². The second-order valence-electron chi connectivity index (χ2n) is 5.92. The van der Waals surface area contributed by atoms with Crippen LogP contribution in [-0.4, -0.2) is 24.7 Å². The molecule has 0 aliphatic carbocycles. The van der Waals surface area contributed by atoms with E-state index in [1.54, 1.807) is 5.32 Å². The lowest BCUT2D eigenvalue weighted by molar-refractivity contribution is -0.138. The van der Waals surface area contributed by atoms with Gasteiger partial charge in [-0.25, -0.2) is 4.79 Å². The molecule has 0 bridgehead atoms. The molecule has 5 nitrogen and oxygen atoms in total. The number of rotatable bonds is 5. The van der Waals surface area contributed by atoms with E-state index in [0.717, 1.165) is 18.2 Å². The third-order valence-corrected chi connectivity index (χ3v) is 3.51. The Bertz CT molecular complexity index is 863. The molecular weight excluding hydrogens is 404 g/mol. The number of halogens is 6. The van der Waals surface area contributed by atoms with E-state index in [1.165, 1.54) is 30.3 Å². The number of hydrogen-bond donors (Lipinski definition) is 3. The normalized spacial score (nSPS) is 11.7. The maximum atomic E-state index is 12.7. The molecule has 0 unspecified atom stereocenters. The molecule has 0 atom stereocenters. The molecule has 3 N–H and O–H groups in total. The molecule has 0 fully saturated rings. The fourth-order valence-corrected chi connectivity index (χ4v) is 2.22. The molecule has 0 saturated heterocycles. The van der Waals surface area contributed by atoms with Gasteiger partial charge < -0.3 is 16.0 Å². The quantitative estimate of drug-likeness (QED) is 0.622. The fourth-order valence-electron chi connectivity index (χ4n) is 2.22. The zero-order chi connectivity index (χ0) is 21.7. The van der Waals surface area contributed by atoms with Crippen LogP contribution in [0, 0.1) is 0 Å². The summed E-state index contributed by atoms with van der Waals surface area (Å²) in [6.45, 7) is -1.43. The Kier molecular flexibility index (Phi) is 6.72. The number of hydrogen-bond acceptors (Lipinski definition) is 2. The van der Waals surface area contributed by atoms with Crippen LogP contribution in [0.5, 0.6) is 0 Å². The first-order valence-electron chi connectivity index (χ1n) is 8.10. The summed E-state index contributed by atoms with van der Waals surface area (Å²) in [5.74, 6) is -0.815. The number of alkyl halides is 6. The molecule has 2 aromatic rings. The van der Waals surface area contributed by atoms with Crippen LogP contribution in [0.3, 0.4) is 0 Å². The van der Waals surface area contributed by atoms with Crippen molar-refractivity contribution in [2.75, 3.05) is 17.2 Å². The highest BCUT2D eigenvalue weighted by molar-refractivity contribution is 5.99. The molecule has 156 valence electrons. The van der Waals surface area contributed by atoms with Crippen LogP contribution < -0.4 is 16.0 Å². The minimum atomic E-state index is -4.55. The van der Waals surface area contributed by atoms with Gasteiger partial charge in [-0.2, -0.15) is 26.3 Å². The third-order valence-electron chi connectivity index (χ3n) is 3.51. The second-order valence-corrected chi connectivity index (χ2v) is 5.92. The first kappa shape index (κ1) is 22.1. The Morgan fingerprint density at radius 3 is 2.03 bits per heavy atom. The molecule has 0 aliphatic heterocycles. The first-order valence-corrected chi connectivity index (χ1v) is 8.10. The van der Waals surface area contributed by atoms with Gasteiger partial charge in [0.15, 0.2) is 0 Å². The molecule has 2 aromatic carbocycles. The minimum Gasteiger partial charge on any atom is -0.347 e. The first-order chi connectivity index (χ1) is 13.4. The maximum Gasteiger partial charge on any atom is 0.416 e. The SMILES string of the molecule is O=C(Cc1ccc(NC(=O)Nc2cccc(C(F)(F)F)c2)cc1)NCC(F)(F)F. The minimum absolute atomic E-state index is 0.0599. The smallest absolute Gasteiger partial charge is 0.347 e. The van der Waals surface area contributed by atoms with Crippen molar-refractivity contribution in [3.8, 4) is 0 Å². The lowest BCUT2D eigenvalue weighted by Gasteiger charge is -2.11. The number of nitrogens with one attached hydrogen (secondary N) is 3. The molecule has 3 amide bonds. The van der Waals surface area contributed by atoms with E-state index in [4.69, 9.17) is 0 Å². The van der Waals surface area contributed by atoms with Crippen LogP contribution in [0.25, 0.3) is 0 Å². The molecule has 0 heterocycles. The molecule has 0 spiro atoms. The molecular formula is C18H15F6N3O2. The average molecular weight is 419 g/mol. The molecule has 0 radical (unpaired) electrons. The van der Waals surface area contributed by atoms with E-state index in [1.807, 2.05) is 0 Å². The lowest BCUT2D eigenvalue weighted by Crippen LogP contribution is -2.34. The van der Waals surface area contributed by atoms with Crippen LogP contribution in [0.1, 0.15) is 11.1 Å². The predicted molar refractivity (Wildman–Crippen MR) is 93.3 cm³/mol. The second kappa shape index (κ2) is 8.84. The zero-order valence-corrected chi connectivity index (χ0v) is 14.6. The van der Waals surface area contributed by atoms with Crippen molar-refractivity contribution in [1.29, 1.82) is 0 Å². The van der Waals surface area contributed by atoms with Crippen LogP contribution in [0.4, 0.5) is 42.5 Å². The number of carbonyl (C=O) groups is 2. The molecule has 0 aliphatic rings. The van der Waals surface area contributed by atoms with Crippen LogP contribution >= 0.6 is 0 Å². The Morgan fingerprint density at radius 2 is 1.45 bits per heavy atom. The maximum absolute atomic E-state index is 12.7. The highest BCUT2D eigenvalue weighted by Gasteiger charge is 2.30. The molecule has 29 heavy (non-hydrogen) atoms. The summed E-state index contributed by atoms with van der Waals surface area (Å²) in [6, 6.07) is 8.94. The van der Waals surface area contributed by atoms with Gasteiger partial charge >= 0.3 is 18.4 Å². The van der Waals surface area contributed by atoms with E-state index in [0.29, 0.717) is 5.56 Å². The van der Waals surface area contributed by atoms with Gasteiger partial charge in [0.25, 0.3) is 0 Å². The summed E-state index contributed by atoms with van der Waals surface area (Å²) in [6.07, 6.45) is -9.33. The van der Waals surface area contributed by atoms with Gasteiger partial charge in [0, 0.05) is 11.4 Å². The van der Waals surface area contributed by atoms with Gasteiger partial charge in [-0.1, -0.05) is 18.2 Å².